The minimum absolute atomic E-state index is 0.0963. The van der Waals surface area contributed by atoms with Gasteiger partial charge in [-0.25, -0.2) is 14.6 Å². The average Bonchev–Trinajstić information content (AvgIpc) is 4.08. The normalized spacial score (nSPS) is 19.0. The second-order valence-electron chi connectivity index (χ2n) is 16.0. The number of hydrogen-bond donors (Lipinski definition) is 3. The highest BCUT2D eigenvalue weighted by Gasteiger charge is 2.39. The fourth-order valence-corrected chi connectivity index (χ4v) is 8.58. The Hall–Kier alpha value is -5.98. The van der Waals surface area contributed by atoms with E-state index in [1.165, 1.54) is 14.2 Å². The molecule has 4 amide bonds. The van der Waals surface area contributed by atoms with Crippen LogP contribution < -0.4 is 10.6 Å². The number of carbonyl (C=O) groups is 4. The van der Waals surface area contributed by atoms with Crippen molar-refractivity contribution < 1.29 is 28.7 Å². The summed E-state index contributed by atoms with van der Waals surface area (Å²) in [5.41, 5.74) is 7.22. The monoisotopic (exact) mass is 787 g/mol. The van der Waals surface area contributed by atoms with Gasteiger partial charge in [-0.05, 0) is 76.1 Å². The van der Waals surface area contributed by atoms with Gasteiger partial charge in [-0.3, -0.25) is 14.6 Å². The van der Waals surface area contributed by atoms with Gasteiger partial charge in [0.25, 0.3) is 0 Å². The lowest BCUT2D eigenvalue weighted by Crippen LogP contribution is -2.53. The molecule has 3 aromatic carbocycles. The third-order valence-corrected chi connectivity index (χ3v) is 11.7. The summed E-state index contributed by atoms with van der Waals surface area (Å²) in [7, 11) is 2.59. The van der Waals surface area contributed by atoms with Crippen LogP contribution in [-0.2, 0) is 19.1 Å². The molecule has 7 rings (SSSR count). The van der Waals surface area contributed by atoms with Crippen molar-refractivity contribution in [2.24, 2.45) is 16.8 Å². The van der Waals surface area contributed by atoms with Crippen LogP contribution in [0.15, 0.2) is 78.1 Å². The highest BCUT2D eigenvalue weighted by molar-refractivity contribution is 6.09. The molecule has 0 bridgehead atoms. The predicted octanol–water partition coefficient (Wildman–Crippen LogP) is 7.50. The lowest BCUT2D eigenvalue weighted by atomic mass is 9.90. The van der Waals surface area contributed by atoms with Crippen LogP contribution in [0.5, 0.6) is 0 Å². The van der Waals surface area contributed by atoms with E-state index in [4.69, 9.17) is 19.5 Å². The van der Waals surface area contributed by atoms with E-state index >= 15 is 0 Å². The molecule has 13 nitrogen and oxygen atoms in total. The van der Waals surface area contributed by atoms with Crippen LogP contribution in [0.1, 0.15) is 77.2 Å². The standard InChI is InChI=1S/C45H53N7O6/c1-26(2)39(49-44(55)57-5)42(53)51-21-9-13-37(51)35-23-30(24-46-35)32-20-19-31(33-11-7-8-12-34(32)33)28-15-17-29(18-16-28)36-25-47-41(48-36)38-14-10-22-52(38)43(54)40(27(3)4)50-45(56)58-6/h7-8,11-12,15-20,24-27,37-40H,9-10,13-14,21-23H2,1-6H3,(H,47,48)(H,49,55)(H,50,56)/t37-,38-,39-,40-/m0/s1. The summed E-state index contributed by atoms with van der Waals surface area (Å²) in [6, 6.07) is 19.5. The number of carbonyl (C=O) groups excluding carboxylic acids is 4. The van der Waals surface area contributed by atoms with E-state index in [1.807, 2.05) is 49.9 Å². The number of H-pyrrole nitrogens is 1. The van der Waals surface area contributed by atoms with Gasteiger partial charge in [0.05, 0.1) is 38.2 Å². The highest BCUT2D eigenvalue weighted by atomic mass is 16.5. The van der Waals surface area contributed by atoms with Gasteiger partial charge in [-0.15, -0.1) is 0 Å². The van der Waals surface area contributed by atoms with Gasteiger partial charge in [0.15, 0.2) is 0 Å². The van der Waals surface area contributed by atoms with Gasteiger partial charge in [0.2, 0.25) is 11.8 Å². The Morgan fingerprint density at radius 1 is 0.724 bits per heavy atom. The number of nitrogens with zero attached hydrogens (tertiary/aromatic N) is 4. The molecule has 0 saturated carbocycles. The number of imidazole rings is 1. The number of aromatic amines is 1. The first-order valence-electron chi connectivity index (χ1n) is 20.2. The first kappa shape index (κ1) is 40.2. The lowest BCUT2D eigenvalue weighted by molar-refractivity contribution is -0.135. The SMILES string of the molecule is COC(=O)N[C@H](C(=O)N1CCC[C@H]1C1=NC=C(c2ccc(-c3ccc(-c4cnc([C@@H]5CCCN5C(=O)[C@@H](NC(=O)OC)C(C)C)[nH]4)cc3)c3ccccc23)C1)C(C)C. The van der Waals surface area contributed by atoms with E-state index < -0.39 is 24.3 Å². The van der Waals surface area contributed by atoms with Crippen LogP contribution in [0.3, 0.4) is 0 Å². The highest BCUT2D eigenvalue weighted by Crippen LogP contribution is 2.39. The minimum Gasteiger partial charge on any atom is -0.453 e. The van der Waals surface area contributed by atoms with Crippen molar-refractivity contribution in [2.45, 2.75) is 84.0 Å². The molecule has 0 unspecified atom stereocenters. The molecule has 4 heterocycles. The molecule has 0 spiro atoms. The molecular formula is C45H53N7O6. The lowest BCUT2D eigenvalue weighted by Gasteiger charge is -2.31. The van der Waals surface area contributed by atoms with Crippen LogP contribution in [0.4, 0.5) is 9.59 Å². The van der Waals surface area contributed by atoms with Crippen LogP contribution >= 0.6 is 0 Å². The summed E-state index contributed by atoms with van der Waals surface area (Å²) >= 11 is 0. The molecule has 304 valence electrons. The van der Waals surface area contributed by atoms with Crippen LogP contribution in [-0.4, -0.2) is 94.9 Å². The zero-order valence-corrected chi connectivity index (χ0v) is 34.1. The molecule has 13 heteroatoms. The number of aliphatic imine (C=N–C) groups is 1. The summed E-state index contributed by atoms with van der Waals surface area (Å²) in [6.07, 6.45) is 6.50. The molecular weight excluding hydrogens is 735 g/mol. The maximum atomic E-state index is 13.7. The zero-order valence-electron chi connectivity index (χ0n) is 34.1. The van der Waals surface area contributed by atoms with Crippen molar-refractivity contribution in [1.82, 2.24) is 30.4 Å². The molecule has 4 aromatic rings. The summed E-state index contributed by atoms with van der Waals surface area (Å²) in [5, 5.41) is 7.70. The van der Waals surface area contributed by atoms with E-state index in [2.05, 4.69) is 76.3 Å². The smallest absolute Gasteiger partial charge is 0.407 e. The Kier molecular flexibility index (Phi) is 12.0. The fourth-order valence-electron chi connectivity index (χ4n) is 8.58. The average molecular weight is 788 g/mol. The first-order valence-corrected chi connectivity index (χ1v) is 20.2. The molecule has 4 atom stereocenters. The number of alkyl carbamates (subject to hydrolysis) is 2. The van der Waals surface area contributed by atoms with E-state index in [9.17, 15) is 19.2 Å². The molecule has 58 heavy (non-hydrogen) atoms. The van der Waals surface area contributed by atoms with Gasteiger partial charge < -0.3 is 34.9 Å². The van der Waals surface area contributed by atoms with E-state index in [-0.39, 0.29) is 35.7 Å². The van der Waals surface area contributed by atoms with Crippen LogP contribution in [0.2, 0.25) is 0 Å². The van der Waals surface area contributed by atoms with E-state index in [0.29, 0.717) is 19.5 Å². The van der Waals surface area contributed by atoms with Gasteiger partial charge in [-0.2, -0.15) is 0 Å². The van der Waals surface area contributed by atoms with Crippen LogP contribution in [0, 0.1) is 11.8 Å². The molecule has 2 saturated heterocycles. The largest absolute Gasteiger partial charge is 0.453 e. The number of aromatic nitrogens is 2. The van der Waals surface area contributed by atoms with Crippen molar-refractivity contribution in [3.05, 3.63) is 84.4 Å². The molecule has 3 N–H and O–H groups in total. The van der Waals surface area contributed by atoms with Crippen molar-refractivity contribution in [2.75, 3.05) is 27.3 Å². The molecule has 2 fully saturated rings. The Labute approximate surface area is 339 Å². The molecule has 3 aliphatic heterocycles. The second-order valence-corrected chi connectivity index (χ2v) is 16.0. The molecule has 0 aliphatic carbocycles. The first-order chi connectivity index (χ1) is 28.0. The number of benzene rings is 3. The number of amides is 4. The summed E-state index contributed by atoms with van der Waals surface area (Å²) in [4.78, 5) is 68.1. The zero-order chi connectivity index (χ0) is 41.1. The van der Waals surface area contributed by atoms with Crippen molar-refractivity contribution in [3.63, 3.8) is 0 Å². The summed E-state index contributed by atoms with van der Waals surface area (Å²) < 4.78 is 9.57. The summed E-state index contributed by atoms with van der Waals surface area (Å²) in [6.45, 7) is 8.86. The number of hydrogen-bond acceptors (Lipinski definition) is 8. The number of methoxy groups -OCH3 is 2. The Morgan fingerprint density at radius 3 is 1.84 bits per heavy atom. The number of rotatable bonds is 11. The number of fused-ring (bicyclic) bond motifs is 1. The maximum absolute atomic E-state index is 13.7. The number of allylic oxidation sites excluding steroid dienone is 1. The van der Waals surface area contributed by atoms with Gasteiger partial charge in [0.1, 0.15) is 17.9 Å². The van der Waals surface area contributed by atoms with E-state index in [1.54, 1.807) is 0 Å². The van der Waals surface area contributed by atoms with Gasteiger partial charge >= 0.3 is 12.2 Å². The predicted molar refractivity (Wildman–Crippen MR) is 224 cm³/mol. The number of nitrogens with one attached hydrogen (secondary N) is 3. The van der Waals surface area contributed by atoms with E-state index in [0.717, 1.165) is 81.5 Å². The second kappa shape index (κ2) is 17.3. The fraction of sp³-hybridized carbons (Fsp3) is 0.422. The van der Waals surface area contributed by atoms with Crippen molar-refractivity contribution in [3.8, 4) is 22.4 Å². The van der Waals surface area contributed by atoms with Gasteiger partial charge in [0, 0.05) is 31.4 Å². The number of ether oxygens (including phenoxy) is 2. The number of likely N-dealkylation sites (tertiary alicyclic amines) is 2. The van der Waals surface area contributed by atoms with Gasteiger partial charge in [-0.1, -0.05) is 88.4 Å². The summed E-state index contributed by atoms with van der Waals surface area (Å²) in [5.74, 6) is 0.276. The molecule has 1 aromatic heterocycles. The van der Waals surface area contributed by atoms with Crippen LogP contribution in [0.25, 0.3) is 38.7 Å². The molecule has 3 aliphatic rings. The minimum atomic E-state index is -0.692. The Balaban J connectivity index is 1.06. The quantitative estimate of drug-likeness (QED) is 0.142. The maximum Gasteiger partial charge on any atom is 0.407 e. The Morgan fingerprint density at radius 2 is 1.26 bits per heavy atom. The molecule has 0 radical (unpaired) electrons. The van der Waals surface area contributed by atoms with Crippen molar-refractivity contribution in [1.29, 1.82) is 0 Å². The third-order valence-electron chi connectivity index (χ3n) is 11.7. The topological polar surface area (TPSA) is 158 Å². The van der Waals surface area contributed by atoms with Crippen molar-refractivity contribution >= 4 is 46.1 Å². The Bertz CT molecular complexity index is 2240. The third kappa shape index (κ3) is 8.07.